The molecule has 2 rings (SSSR count). The van der Waals surface area contributed by atoms with Crippen LogP contribution in [0.2, 0.25) is 5.02 Å². The Morgan fingerprint density at radius 1 is 1.33 bits per heavy atom. The predicted octanol–water partition coefficient (Wildman–Crippen LogP) is 4.78. The molecular weight excluding hydrogens is 274 g/mol. The second-order valence-corrected chi connectivity index (χ2v) is 5.91. The van der Waals surface area contributed by atoms with Gasteiger partial charge in [0.15, 0.2) is 0 Å². The zero-order chi connectivity index (χ0) is 13.4. The molecule has 0 saturated heterocycles. The Balaban J connectivity index is 2.68. The van der Waals surface area contributed by atoms with Gasteiger partial charge in [0.1, 0.15) is 11.6 Å². The fourth-order valence-corrected chi connectivity index (χ4v) is 2.32. The minimum Gasteiger partial charge on any atom is -0.326 e. The third kappa shape index (κ3) is 2.47. The molecule has 0 spiro atoms. The van der Waals surface area contributed by atoms with E-state index < -0.39 is 5.82 Å². The van der Waals surface area contributed by atoms with Gasteiger partial charge in [-0.15, -0.1) is 11.6 Å². The van der Waals surface area contributed by atoms with Gasteiger partial charge in [0.25, 0.3) is 0 Å². The van der Waals surface area contributed by atoms with Gasteiger partial charge < -0.3 is 4.57 Å². The molecule has 0 aliphatic heterocycles. The normalized spacial score (nSPS) is 13.5. The monoisotopic (exact) mass is 288 g/mol. The van der Waals surface area contributed by atoms with Crippen LogP contribution in [0.4, 0.5) is 4.39 Å². The lowest BCUT2D eigenvalue weighted by Gasteiger charge is -2.12. The van der Waals surface area contributed by atoms with Crippen molar-refractivity contribution < 1.29 is 4.39 Å². The Bertz CT molecular complexity index is 576. The summed E-state index contributed by atoms with van der Waals surface area (Å²) in [4.78, 5) is 4.45. The maximum Gasteiger partial charge on any atom is 0.144 e. The minimum atomic E-state index is -0.428. The fraction of sp³-hybridized carbons (Fsp3) is 0.462. The number of halogens is 3. The van der Waals surface area contributed by atoms with Crippen molar-refractivity contribution in [2.75, 3.05) is 0 Å². The third-order valence-electron chi connectivity index (χ3n) is 2.72. The van der Waals surface area contributed by atoms with E-state index in [-0.39, 0.29) is 10.4 Å². The van der Waals surface area contributed by atoms with E-state index in [4.69, 9.17) is 23.2 Å². The maximum atomic E-state index is 13.6. The highest BCUT2D eigenvalue weighted by Crippen LogP contribution is 2.28. The van der Waals surface area contributed by atoms with Crippen molar-refractivity contribution in [2.45, 2.75) is 32.7 Å². The van der Waals surface area contributed by atoms with Crippen molar-refractivity contribution in [3.05, 3.63) is 28.8 Å². The van der Waals surface area contributed by atoms with Crippen LogP contribution in [-0.2, 0) is 6.54 Å². The fourth-order valence-electron chi connectivity index (χ4n) is 2.00. The quantitative estimate of drug-likeness (QED) is 0.743. The van der Waals surface area contributed by atoms with Gasteiger partial charge in [-0.1, -0.05) is 25.4 Å². The number of imidazole rings is 1. The van der Waals surface area contributed by atoms with Crippen LogP contribution in [0.1, 0.15) is 32.0 Å². The molecule has 1 aromatic heterocycles. The summed E-state index contributed by atoms with van der Waals surface area (Å²) in [5, 5.41) is -0.136. The first-order valence-electron chi connectivity index (χ1n) is 5.89. The molecule has 0 saturated carbocycles. The van der Waals surface area contributed by atoms with E-state index in [1.807, 2.05) is 11.5 Å². The Hall–Kier alpha value is -0.800. The molecule has 98 valence electrons. The van der Waals surface area contributed by atoms with Crippen molar-refractivity contribution in [1.82, 2.24) is 9.55 Å². The van der Waals surface area contributed by atoms with Crippen LogP contribution in [-0.4, -0.2) is 9.55 Å². The van der Waals surface area contributed by atoms with E-state index in [1.54, 1.807) is 6.07 Å². The van der Waals surface area contributed by atoms with Crippen LogP contribution in [0.5, 0.6) is 0 Å². The minimum absolute atomic E-state index is 0.0884. The molecule has 0 aliphatic carbocycles. The first-order valence-corrected chi connectivity index (χ1v) is 6.70. The Morgan fingerprint density at radius 3 is 2.56 bits per heavy atom. The highest BCUT2D eigenvalue weighted by atomic mass is 35.5. The van der Waals surface area contributed by atoms with E-state index in [0.29, 0.717) is 11.4 Å². The van der Waals surface area contributed by atoms with E-state index in [2.05, 4.69) is 18.8 Å². The van der Waals surface area contributed by atoms with Crippen LogP contribution >= 0.6 is 23.2 Å². The molecule has 0 bridgehead atoms. The van der Waals surface area contributed by atoms with E-state index in [9.17, 15) is 4.39 Å². The Labute approximate surface area is 116 Å². The lowest BCUT2D eigenvalue weighted by Crippen LogP contribution is -2.09. The summed E-state index contributed by atoms with van der Waals surface area (Å²) in [5.74, 6) is 0.750. The SMILES string of the molecule is CC(C)Cn1c(C(C)Cl)nc2cc(Cl)c(F)cc21. The molecular formula is C13H15Cl2FN2. The number of hydrogen-bond donors (Lipinski definition) is 0. The van der Waals surface area contributed by atoms with Gasteiger partial charge in [0.05, 0.1) is 21.4 Å². The van der Waals surface area contributed by atoms with Crippen LogP contribution in [0.15, 0.2) is 12.1 Å². The molecule has 0 amide bonds. The van der Waals surface area contributed by atoms with Crippen molar-refractivity contribution in [2.24, 2.45) is 5.92 Å². The molecule has 1 heterocycles. The van der Waals surface area contributed by atoms with Crippen LogP contribution in [0.3, 0.4) is 0 Å². The number of rotatable bonds is 3. The molecule has 5 heteroatoms. The number of nitrogens with zero attached hydrogens (tertiary/aromatic N) is 2. The molecule has 18 heavy (non-hydrogen) atoms. The summed E-state index contributed by atoms with van der Waals surface area (Å²) in [6.07, 6.45) is 0. The van der Waals surface area contributed by atoms with Crippen molar-refractivity contribution in [3.63, 3.8) is 0 Å². The zero-order valence-corrected chi connectivity index (χ0v) is 12.1. The van der Waals surface area contributed by atoms with Gasteiger partial charge in [0.2, 0.25) is 0 Å². The largest absolute Gasteiger partial charge is 0.326 e. The highest BCUT2D eigenvalue weighted by Gasteiger charge is 2.17. The summed E-state index contributed by atoms with van der Waals surface area (Å²) < 4.78 is 15.5. The molecule has 2 aromatic rings. The maximum absolute atomic E-state index is 13.6. The number of benzene rings is 1. The molecule has 0 aliphatic rings. The molecule has 0 radical (unpaired) electrons. The Kier molecular flexibility index (Phi) is 3.83. The van der Waals surface area contributed by atoms with Gasteiger partial charge in [0, 0.05) is 12.6 Å². The summed E-state index contributed by atoms with van der Waals surface area (Å²) in [5.41, 5.74) is 1.43. The van der Waals surface area contributed by atoms with E-state index in [0.717, 1.165) is 17.9 Å². The first-order chi connectivity index (χ1) is 8.40. The number of fused-ring (bicyclic) bond motifs is 1. The van der Waals surface area contributed by atoms with Crippen LogP contribution < -0.4 is 0 Å². The smallest absolute Gasteiger partial charge is 0.144 e. The molecule has 1 aromatic carbocycles. The molecule has 2 nitrogen and oxygen atoms in total. The van der Waals surface area contributed by atoms with Gasteiger partial charge in [-0.2, -0.15) is 0 Å². The molecule has 0 fully saturated rings. The topological polar surface area (TPSA) is 17.8 Å². The van der Waals surface area contributed by atoms with Crippen LogP contribution in [0.25, 0.3) is 11.0 Å². The standard InChI is InChI=1S/C13H15Cl2FN2/c1-7(2)6-18-12-5-10(16)9(15)4-11(12)17-13(18)8(3)14/h4-5,7-8H,6H2,1-3H3. The second-order valence-electron chi connectivity index (χ2n) is 4.85. The van der Waals surface area contributed by atoms with E-state index in [1.165, 1.54) is 6.07 Å². The average molecular weight is 289 g/mol. The average Bonchev–Trinajstić information content (AvgIpc) is 2.57. The molecule has 1 unspecified atom stereocenters. The first kappa shape index (κ1) is 13.6. The molecule has 1 atom stereocenters. The summed E-state index contributed by atoms with van der Waals surface area (Å²) in [6, 6.07) is 2.97. The lowest BCUT2D eigenvalue weighted by molar-refractivity contribution is 0.516. The third-order valence-corrected chi connectivity index (χ3v) is 3.21. The summed E-state index contributed by atoms with van der Waals surface area (Å²) in [6.45, 7) is 6.81. The lowest BCUT2D eigenvalue weighted by atomic mass is 10.2. The van der Waals surface area contributed by atoms with Crippen molar-refractivity contribution >= 4 is 34.2 Å². The van der Waals surface area contributed by atoms with Gasteiger partial charge in [-0.05, 0) is 18.9 Å². The van der Waals surface area contributed by atoms with Crippen LogP contribution in [0, 0.1) is 11.7 Å². The van der Waals surface area contributed by atoms with E-state index >= 15 is 0 Å². The van der Waals surface area contributed by atoms with Gasteiger partial charge >= 0.3 is 0 Å². The summed E-state index contributed by atoms with van der Waals surface area (Å²) >= 11 is 11.9. The number of hydrogen-bond acceptors (Lipinski definition) is 1. The number of aromatic nitrogens is 2. The summed E-state index contributed by atoms with van der Waals surface area (Å²) in [7, 11) is 0. The number of alkyl halides is 1. The highest BCUT2D eigenvalue weighted by molar-refractivity contribution is 6.31. The Morgan fingerprint density at radius 2 is 2.00 bits per heavy atom. The van der Waals surface area contributed by atoms with Gasteiger partial charge in [-0.3, -0.25) is 0 Å². The van der Waals surface area contributed by atoms with Crippen molar-refractivity contribution in [1.29, 1.82) is 0 Å². The van der Waals surface area contributed by atoms with Crippen molar-refractivity contribution in [3.8, 4) is 0 Å². The predicted molar refractivity (Wildman–Crippen MR) is 73.8 cm³/mol. The second kappa shape index (κ2) is 5.06. The van der Waals surface area contributed by atoms with Gasteiger partial charge in [-0.25, -0.2) is 9.37 Å². The zero-order valence-electron chi connectivity index (χ0n) is 10.5. The molecule has 0 N–H and O–H groups in total.